The Kier molecular flexibility index (Phi) is 5.02. The van der Waals surface area contributed by atoms with E-state index >= 15 is 0 Å². The number of rotatable bonds is 6. The third-order valence-corrected chi connectivity index (χ3v) is 4.70. The highest BCUT2D eigenvalue weighted by Gasteiger charge is 2.10. The monoisotopic (exact) mass is 372 g/mol. The molecule has 4 aromatic rings. The summed E-state index contributed by atoms with van der Waals surface area (Å²) < 4.78 is 3.85. The third kappa shape index (κ3) is 3.45. The zero-order valence-electron chi connectivity index (χ0n) is 16.5. The summed E-state index contributed by atoms with van der Waals surface area (Å²) in [4.78, 5) is 9.43. The number of aromatic nitrogens is 6. The molecule has 0 saturated heterocycles. The maximum Gasteiger partial charge on any atom is 0.181 e. The lowest BCUT2D eigenvalue weighted by molar-refractivity contribution is 0.597. The molecule has 0 bridgehead atoms. The van der Waals surface area contributed by atoms with Gasteiger partial charge in [0.1, 0.15) is 0 Å². The normalized spacial score (nSPS) is 11.7. The van der Waals surface area contributed by atoms with Crippen LogP contribution < -0.4 is 0 Å². The zero-order chi connectivity index (χ0) is 19.5. The van der Waals surface area contributed by atoms with E-state index in [-0.39, 0.29) is 0 Å². The first kappa shape index (κ1) is 18.1. The molecule has 0 radical (unpaired) electrons. The molecule has 0 fully saturated rings. The van der Waals surface area contributed by atoms with Crippen molar-refractivity contribution < 1.29 is 0 Å². The molecule has 28 heavy (non-hydrogen) atoms. The molecule has 0 unspecified atom stereocenters. The van der Waals surface area contributed by atoms with Gasteiger partial charge in [0.05, 0.1) is 0 Å². The molecule has 0 aliphatic carbocycles. The number of nitrogens with zero attached hydrogens (tertiary/aromatic N) is 6. The Labute approximate surface area is 164 Å². The van der Waals surface area contributed by atoms with Crippen molar-refractivity contribution in [3.63, 3.8) is 0 Å². The van der Waals surface area contributed by atoms with E-state index in [4.69, 9.17) is 9.97 Å². The summed E-state index contributed by atoms with van der Waals surface area (Å²) in [5, 5.41) is 9.31. The fourth-order valence-corrected chi connectivity index (χ4v) is 3.21. The van der Waals surface area contributed by atoms with Crippen molar-refractivity contribution in [2.24, 2.45) is 0 Å². The Balaban J connectivity index is 1.70. The summed E-state index contributed by atoms with van der Waals surface area (Å²) in [5.74, 6) is 2.23. The Morgan fingerprint density at radius 1 is 0.929 bits per heavy atom. The fraction of sp³-hybridized carbons (Fsp3) is 0.273. The van der Waals surface area contributed by atoms with Crippen LogP contribution in [0.5, 0.6) is 0 Å². The molecule has 0 spiro atoms. The van der Waals surface area contributed by atoms with Crippen LogP contribution in [0.1, 0.15) is 43.2 Å². The van der Waals surface area contributed by atoms with Crippen LogP contribution in [-0.2, 0) is 13.0 Å². The maximum atomic E-state index is 4.72. The molecular weight excluding hydrogens is 348 g/mol. The van der Waals surface area contributed by atoms with Crippen LogP contribution in [0.15, 0.2) is 42.5 Å². The van der Waals surface area contributed by atoms with Gasteiger partial charge in [-0.05, 0) is 43.5 Å². The smallest absolute Gasteiger partial charge is 0.181 e. The van der Waals surface area contributed by atoms with Gasteiger partial charge < -0.3 is 0 Å². The van der Waals surface area contributed by atoms with Gasteiger partial charge in [0.15, 0.2) is 23.1 Å². The number of fused-ring (bicyclic) bond motifs is 1. The number of hydrogen-bond donors (Lipinski definition) is 0. The van der Waals surface area contributed by atoms with Crippen molar-refractivity contribution in [1.29, 1.82) is 0 Å². The molecule has 6 heteroatoms. The lowest BCUT2D eigenvalue weighted by atomic mass is 10.2. The molecule has 0 amide bonds. The first-order valence-electron chi connectivity index (χ1n) is 9.73. The number of pyridine rings is 1. The van der Waals surface area contributed by atoms with Crippen molar-refractivity contribution in [3.8, 4) is 11.4 Å². The summed E-state index contributed by atoms with van der Waals surface area (Å²) in [6.07, 6.45) is 5.78. The van der Waals surface area contributed by atoms with Crippen LogP contribution in [-0.4, -0.2) is 29.4 Å². The van der Waals surface area contributed by atoms with Gasteiger partial charge >= 0.3 is 0 Å². The summed E-state index contributed by atoms with van der Waals surface area (Å²) in [5.41, 5.74) is 4.20. The van der Waals surface area contributed by atoms with Gasteiger partial charge in [-0.15, -0.1) is 5.10 Å². The molecule has 4 rings (SSSR count). The lowest BCUT2D eigenvalue weighted by Gasteiger charge is -2.01. The molecule has 3 aromatic heterocycles. The minimum absolute atomic E-state index is 0.677. The van der Waals surface area contributed by atoms with Crippen molar-refractivity contribution in [3.05, 3.63) is 65.4 Å². The standard InChI is InChI=1S/C22H24N6/c1-4-15-27-20(24-21(26-27)18-9-7-6-8-10-18)14-13-19-23-22-17(5-2)12-11-16(3)28(22)25-19/h6-14H,4-5,15H2,1-3H3/b14-13+. The Bertz CT molecular complexity index is 1120. The van der Waals surface area contributed by atoms with E-state index in [0.717, 1.165) is 47.9 Å². The summed E-state index contributed by atoms with van der Waals surface area (Å²) in [7, 11) is 0. The van der Waals surface area contributed by atoms with Crippen LogP contribution in [0, 0.1) is 6.92 Å². The van der Waals surface area contributed by atoms with Gasteiger partial charge in [-0.25, -0.2) is 19.2 Å². The SMILES string of the molecule is CCCn1nc(-c2ccccc2)nc1/C=C/c1nc2c(CC)ccc(C)n2n1. The van der Waals surface area contributed by atoms with Crippen LogP contribution in [0.4, 0.5) is 0 Å². The van der Waals surface area contributed by atoms with E-state index in [1.54, 1.807) is 0 Å². The lowest BCUT2D eigenvalue weighted by Crippen LogP contribution is -2.01. The molecule has 0 saturated carbocycles. The van der Waals surface area contributed by atoms with E-state index in [2.05, 4.69) is 36.2 Å². The fourth-order valence-electron chi connectivity index (χ4n) is 3.21. The van der Waals surface area contributed by atoms with Crippen LogP contribution in [0.3, 0.4) is 0 Å². The highest BCUT2D eigenvalue weighted by molar-refractivity contribution is 5.66. The second-order valence-electron chi connectivity index (χ2n) is 6.78. The molecule has 1 aromatic carbocycles. The van der Waals surface area contributed by atoms with E-state index in [9.17, 15) is 0 Å². The largest absolute Gasteiger partial charge is 0.246 e. The number of aryl methyl sites for hydroxylation is 3. The predicted molar refractivity (Wildman–Crippen MR) is 112 cm³/mol. The molecular formula is C22H24N6. The van der Waals surface area contributed by atoms with E-state index < -0.39 is 0 Å². The quantitative estimate of drug-likeness (QED) is 0.502. The summed E-state index contributed by atoms with van der Waals surface area (Å²) in [6, 6.07) is 14.2. The van der Waals surface area contributed by atoms with E-state index in [1.165, 1.54) is 5.56 Å². The van der Waals surface area contributed by atoms with Crippen molar-refractivity contribution in [1.82, 2.24) is 29.4 Å². The van der Waals surface area contributed by atoms with Gasteiger partial charge in [-0.2, -0.15) is 5.10 Å². The first-order valence-corrected chi connectivity index (χ1v) is 9.73. The van der Waals surface area contributed by atoms with Gasteiger partial charge in [0.25, 0.3) is 0 Å². The maximum absolute atomic E-state index is 4.72. The predicted octanol–water partition coefficient (Wildman–Crippen LogP) is 4.44. The van der Waals surface area contributed by atoms with Crippen molar-refractivity contribution in [2.45, 2.75) is 40.2 Å². The van der Waals surface area contributed by atoms with E-state index in [1.807, 2.05) is 58.6 Å². The van der Waals surface area contributed by atoms with E-state index in [0.29, 0.717) is 5.82 Å². The van der Waals surface area contributed by atoms with Crippen LogP contribution >= 0.6 is 0 Å². The molecule has 0 N–H and O–H groups in total. The first-order chi connectivity index (χ1) is 13.7. The summed E-state index contributed by atoms with van der Waals surface area (Å²) in [6.45, 7) is 7.12. The number of benzene rings is 1. The van der Waals surface area contributed by atoms with Crippen molar-refractivity contribution >= 4 is 17.8 Å². The molecule has 0 aliphatic heterocycles. The highest BCUT2D eigenvalue weighted by atomic mass is 15.3. The van der Waals surface area contributed by atoms with Crippen molar-refractivity contribution in [2.75, 3.05) is 0 Å². The second-order valence-corrected chi connectivity index (χ2v) is 6.78. The van der Waals surface area contributed by atoms with Crippen LogP contribution in [0.25, 0.3) is 29.2 Å². The average Bonchev–Trinajstić information content (AvgIpc) is 3.33. The Morgan fingerprint density at radius 3 is 2.50 bits per heavy atom. The van der Waals surface area contributed by atoms with Gasteiger partial charge in [0.2, 0.25) is 0 Å². The highest BCUT2D eigenvalue weighted by Crippen LogP contribution is 2.17. The molecule has 3 heterocycles. The minimum atomic E-state index is 0.677. The number of hydrogen-bond acceptors (Lipinski definition) is 4. The Morgan fingerprint density at radius 2 is 1.75 bits per heavy atom. The molecule has 6 nitrogen and oxygen atoms in total. The molecule has 142 valence electrons. The Hall–Kier alpha value is -3.28. The minimum Gasteiger partial charge on any atom is -0.246 e. The van der Waals surface area contributed by atoms with Gasteiger partial charge in [-0.1, -0.05) is 50.2 Å². The second kappa shape index (κ2) is 7.76. The third-order valence-electron chi connectivity index (χ3n) is 4.70. The molecule has 0 atom stereocenters. The van der Waals surface area contributed by atoms with Gasteiger partial charge in [0, 0.05) is 17.8 Å². The molecule has 0 aliphatic rings. The zero-order valence-corrected chi connectivity index (χ0v) is 16.5. The topological polar surface area (TPSA) is 60.9 Å². The average molecular weight is 372 g/mol. The summed E-state index contributed by atoms with van der Waals surface area (Å²) >= 11 is 0. The van der Waals surface area contributed by atoms with Crippen LogP contribution in [0.2, 0.25) is 0 Å². The van der Waals surface area contributed by atoms with Gasteiger partial charge in [-0.3, -0.25) is 0 Å².